The van der Waals surface area contributed by atoms with E-state index in [1.165, 1.54) is 14.0 Å². The zero-order valence-electron chi connectivity index (χ0n) is 10.5. The first-order chi connectivity index (χ1) is 7.99. The second-order valence-corrected chi connectivity index (χ2v) is 4.14. The molecular formula is C13H17NO3. The molecule has 0 saturated carbocycles. The highest BCUT2D eigenvalue weighted by Crippen LogP contribution is 2.32. The van der Waals surface area contributed by atoms with E-state index in [4.69, 9.17) is 4.74 Å². The van der Waals surface area contributed by atoms with E-state index in [0.717, 1.165) is 11.8 Å². The van der Waals surface area contributed by atoms with Crippen molar-refractivity contribution in [3.63, 3.8) is 0 Å². The van der Waals surface area contributed by atoms with Gasteiger partial charge in [0.15, 0.2) is 12.0 Å². The van der Waals surface area contributed by atoms with Crippen LogP contribution in [0.4, 0.5) is 5.69 Å². The van der Waals surface area contributed by atoms with Crippen LogP contribution in [-0.2, 0) is 4.79 Å². The van der Waals surface area contributed by atoms with Crippen molar-refractivity contribution in [2.45, 2.75) is 26.7 Å². The van der Waals surface area contributed by atoms with Gasteiger partial charge < -0.3 is 10.1 Å². The Kier molecular flexibility index (Phi) is 4.26. The zero-order chi connectivity index (χ0) is 13.0. The maximum Gasteiger partial charge on any atom is 0.221 e. The first kappa shape index (κ1) is 13.2. The summed E-state index contributed by atoms with van der Waals surface area (Å²) in [6.45, 7) is 5.46. The van der Waals surface area contributed by atoms with Gasteiger partial charge in [-0.05, 0) is 23.6 Å². The number of benzene rings is 1. The minimum absolute atomic E-state index is 0.193. The maximum atomic E-state index is 11.1. The van der Waals surface area contributed by atoms with Gasteiger partial charge in [-0.2, -0.15) is 0 Å². The molecule has 0 atom stereocenters. The molecule has 4 heteroatoms. The lowest BCUT2D eigenvalue weighted by atomic mass is 9.99. The van der Waals surface area contributed by atoms with Crippen LogP contribution in [0.5, 0.6) is 5.75 Å². The Morgan fingerprint density at radius 2 is 2.06 bits per heavy atom. The Bertz CT molecular complexity index is 439. The molecule has 0 aliphatic heterocycles. The molecule has 0 unspecified atom stereocenters. The normalized spacial score (nSPS) is 10.2. The summed E-state index contributed by atoms with van der Waals surface area (Å²) in [5, 5.41) is 2.67. The molecule has 0 aliphatic carbocycles. The molecular weight excluding hydrogens is 218 g/mol. The number of carbonyl (C=O) groups is 2. The third-order valence-electron chi connectivity index (χ3n) is 2.45. The van der Waals surface area contributed by atoms with E-state index in [9.17, 15) is 9.59 Å². The molecule has 0 saturated heterocycles. The number of carbonyl (C=O) groups excluding carboxylic acids is 2. The fraction of sp³-hybridized carbons (Fsp3) is 0.385. The van der Waals surface area contributed by atoms with Crippen LogP contribution < -0.4 is 10.1 Å². The monoisotopic (exact) mass is 235 g/mol. The quantitative estimate of drug-likeness (QED) is 0.816. The molecule has 0 fully saturated rings. The summed E-state index contributed by atoms with van der Waals surface area (Å²) in [5.74, 6) is 0.479. The van der Waals surface area contributed by atoms with Gasteiger partial charge in [0.1, 0.15) is 0 Å². The van der Waals surface area contributed by atoms with Gasteiger partial charge in [-0.1, -0.05) is 13.8 Å². The molecule has 1 aromatic rings. The van der Waals surface area contributed by atoms with Gasteiger partial charge in [-0.3, -0.25) is 9.59 Å². The molecule has 0 heterocycles. The molecule has 1 amide bonds. The molecule has 17 heavy (non-hydrogen) atoms. The molecule has 92 valence electrons. The Hall–Kier alpha value is -1.84. The van der Waals surface area contributed by atoms with E-state index in [-0.39, 0.29) is 11.8 Å². The fourth-order valence-electron chi connectivity index (χ4n) is 1.61. The van der Waals surface area contributed by atoms with E-state index < -0.39 is 0 Å². The minimum atomic E-state index is -0.193. The highest BCUT2D eigenvalue weighted by Gasteiger charge is 2.13. The van der Waals surface area contributed by atoms with Gasteiger partial charge in [0, 0.05) is 6.92 Å². The number of ether oxygens (including phenoxy) is 1. The number of nitrogens with one attached hydrogen (secondary N) is 1. The predicted octanol–water partition coefficient (Wildman–Crippen LogP) is 2.59. The summed E-state index contributed by atoms with van der Waals surface area (Å²) in [6.07, 6.45) is 0.732. The number of methoxy groups -OCH3 is 1. The van der Waals surface area contributed by atoms with Gasteiger partial charge in [-0.15, -0.1) is 0 Å². The number of rotatable bonds is 4. The van der Waals surface area contributed by atoms with Gasteiger partial charge in [0.2, 0.25) is 5.91 Å². The van der Waals surface area contributed by atoms with Crippen LogP contribution in [0.1, 0.15) is 42.6 Å². The van der Waals surface area contributed by atoms with E-state index >= 15 is 0 Å². The van der Waals surface area contributed by atoms with Gasteiger partial charge in [0.25, 0.3) is 0 Å². The van der Waals surface area contributed by atoms with Gasteiger partial charge in [0.05, 0.1) is 18.4 Å². The van der Waals surface area contributed by atoms with Crippen LogP contribution in [0.25, 0.3) is 0 Å². The van der Waals surface area contributed by atoms with Crippen molar-refractivity contribution in [1.82, 2.24) is 0 Å². The van der Waals surface area contributed by atoms with Crippen LogP contribution in [0, 0.1) is 0 Å². The molecule has 0 aromatic heterocycles. The smallest absolute Gasteiger partial charge is 0.221 e. The average Bonchev–Trinajstić information content (AvgIpc) is 2.26. The fourth-order valence-corrected chi connectivity index (χ4v) is 1.61. The topological polar surface area (TPSA) is 55.4 Å². The number of hydrogen-bond acceptors (Lipinski definition) is 3. The number of anilines is 1. The Balaban J connectivity index is 3.36. The van der Waals surface area contributed by atoms with Crippen molar-refractivity contribution < 1.29 is 14.3 Å². The summed E-state index contributed by atoms with van der Waals surface area (Å²) in [7, 11) is 1.47. The summed E-state index contributed by atoms with van der Waals surface area (Å²) in [5.41, 5.74) is 1.97. The lowest BCUT2D eigenvalue weighted by Gasteiger charge is -2.15. The van der Waals surface area contributed by atoms with Crippen molar-refractivity contribution in [3.05, 3.63) is 23.3 Å². The first-order valence-corrected chi connectivity index (χ1v) is 5.44. The lowest BCUT2D eigenvalue weighted by Crippen LogP contribution is -2.09. The van der Waals surface area contributed by atoms with Crippen molar-refractivity contribution in [3.8, 4) is 5.75 Å². The van der Waals surface area contributed by atoms with E-state index in [2.05, 4.69) is 5.32 Å². The van der Waals surface area contributed by atoms with Crippen LogP contribution in [0.3, 0.4) is 0 Å². The molecule has 0 bridgehead atoms. The number of amides is 1. The van der Waals surface area contributed by atoms with Crippen LogP contribution >= 0.6 is 0 Å². The second-order valence-electron chi connectivity index (χ2n) is 4.14. The van der Waals surface area contributed by atoms with Crippen molar-refractivity contribution in [2.75, 3.05) is 12.4 Å². The predicted molar refractivity (Wildman–Crippen MR) is 66.8 cm³/mol. The van der Waals surface area contributed by atoms with E-state index in [1.807, 2.05) is 19.9 Å². The summed E-state index contributed by atoms with van der Waals surface area (Å²) in [6, 6.07) is 3.61. The lowest BCUT2D eigenvalue weighted by molar-refractivity contribution is -0.114. The largest absolute Gasteiger partial charge is 0.494 e. The Morgan fingerprint density at radius 3 is 2.47 bits per heavy atom. The van der Waals surface area contributed by atoms with Crippen LogP contribution in [-0.4, -0.2) is 19.3 Å². The van der Waals surface area contributed by atoms with Crippen molar-refractivity contribution in [2.24, 2.45) is 0 Å². The molecule has 1 aromatic carbocycles. The standard InChI is InChI=1S/C13H17NO3/c1-8(2)10-5-11(7-15)13(17-4)12(6-10)14-9(3)16/h5-8H,1-4H3,(H,14,16). The molecule has 0 spiro atoms. The van der Waals surface area contributed by atoms with E-state index in [0.29, 0.717) is 17.0 Å². The third kappa shape index (κ3) is 3.06. The average molecular weight is 235 g/mol. The molecule has 0 radical (unpaired) electrons. The molecule has 1 rings (SSSR count). The van der Waals surface area contributed by atoms with Gasteiger partial charge in [-0.25, -0.2) is 0 Å². The Morgan fingerprint density at radius 1 is 1.41 bits per heavy atom. The van der Waals surface area contributed by atoms with Crippen LogP contribution in [0.2, 0.25) is 0 Å². The summed E-state index contributed by atoms with van der Waals surface area (Å²) in [4.78, 5) is 22.1. The van der Waals surface area contributed by atoms with Crippen molar-refractivity contribution >= 4 is 17.9 Å². The maximum absolute atomic E-state index is 11.1. The first-order valence-electron chi connectivity index (χ1n) is 5.44. The van der Waals surface area contributed by atoms with E-state index in [1.54, 1.807) is 6.07 Å². The summed E-state index contributed by atoms with van der Waals surface area (Å²) < 4.78 is 5.16. The molecule has 4 nitrogen and oxygen atoms in total. The Labute approximate surface area is 101 Å². The van der Waals surface area contributed by atoms with Crippen molar-refractivity contribution in [1.29, 1.82) is 0 Å². The third-order valence-corrected chi connectivity index (χ3v) is 2.45. The second kappa shape index (κ2) is 5.48. The summed E-state index contributed by atoms with van der Waals surface area (Å²) >= 11 is 0. The molecule has 0 aliphatic rings. The highest BCUT2D eigenvalue weighted by molar-refractivity contribution is 5.94. The number of aldehydes is 1. The minimum Gasteiger partial charge on any atom is -0.494 e. The number of hydrogen-bond donors (Lipinski definition) is 1. The van der Waals surface area contributed by atoms with Crippen LogP contribution in [0.15, 0.2) is 12.1 Å². The SMILES string of the molecule is COc1c(C=O)cc(C(C)C)cc1NC(C)=O. The molecule has 1 N–H and O–H groups in total. The highest BCUT2D eigenvalue weighted by atomic mass is 16.5. The zero-order valence-corrected chi connectivity index (χ0v) is 10.5. The van der Waals surface area contributed by atoms with Gasteiger partial charge >= 0.3 is 0 Å².